The van der Waals surface area contributed by atoms with Crippen LogP contribution in [0.15, 0.2) is 36.4 Å². The first-order valence-electron chi connectivity index (χ1n) is 7.57. The van der Waals surface area contributed by atoms with Crippen molar-refractivity contribution in [3.63, 3.8) is 0 Å². The average Bonchev–Trinajstić information content (AvgIpc) is 2.60. The number of ether oxygens (including phenoxy) is 1. The van der Waals surface area contributed by atoms with E-state index in [9.17, 15) is 14.4 Å². The molecule has 0 fully saturated rings. The minimum atomic E-state index is -0.670. The number of halogens is 2. The highest BCUT2D eigenvalue weighted by atomic mass is 35.5. The lowest BCUT2D eigenvalue weighted by molar-refractivity contribution is -0.119. The van der Waals surface area contributed by atoms with E-state index in [2.05, 4.69) is 10.6 Å². The average molecular weight is 395 g/mol. The lowest BCUT2D eigenvalue weighted by atomic mass is 10.2. The Morgan fingerprint density at radius 1 is 1.00 bits per heavy atom. The van der Waals surface area contributed by atoms with Crippen molar-refractivity contribution in [2.75, 3.05) is 17.2 Å². The van der Waals surface area contributed by atoms with Gasteiger partial charge in [0.2, 0.25) is 5.91 Å². The number of benzene rings is 2. The van der Waals surface area contributed by atoms with Gasteiger partial charge in [-0.3, -0.25) is 9.59 Å². The van der Waals surface area contributed by atoms with Gasteiger partial charge in [-0.25, -0.2) is 4.79 Å². The van der Waals surface area contributed by atoms with Crippen molar-refractivity contribution in [1.82, 2.24) is 0 Å². The molecule has 6 nitrogen and oxygen atoms in total. The Morgan fingerprint density at radius 3 is 2.27 bits per heavy atom. The van der Waals surface area contributed by atoms with Crippen molar-refractivity contribution in [2.45, 2.75) is 13.8 Å². The number of amides is 2. The molecule has 0 unspecified atom stereocenters. The smallest absolute Gasteiger partial charge is 0.338 e. The molecule has 0 aliphatic rings. The lowest BCUT2D eigenvalue weighted by Gasteiger charge is -2.11. The maximum atomic E-state index is 12.0. The fraction of sp³-hybridized carbons (Fsp3) is 0.167. The van der Waals surface area contributed by atoms with Crippen LogP contribution in [0, 0.1) is 6.92 Å². The highest BCUT2D eigenvalue weighted by Gasteiger charge is 2.14. The third kappa shape index (κ3) is 5.21. The number of hydrogen-bond donors (Lipinski definition) is 2. The zero-order chi connectivity index (χ0) is 19.3. The Kier molecular flexibility index (Phi) is 6.60. The molecule has 0 heterocycles. The van der Waals surface area contributed by atoms with E-state index in [1.165, 1.54) is 19.1 Å². The van der Waals surface area contributed by atoms with Crippen LogP contribution >= 0.6 is 23.2 Å². The monoisotopic (exact) mass is 394 g/mol. The molecule has 0 aromatic heterocycles. The summed E-state index contributed by atoms with van der Waals surface area (Å²) in [6.45, 7) is 2.67. The summed E-state index contributed by atoms with van der Waals surface area (Å²) in [5.41, 5.74) is 1.82. The molecule has 0 aliphatic carbocycles. The van der Waals surface area contributed by atoms with Crippen LogP contribution in [0.2, 0.25) is 10.0 Å². The first-order chi connectivity index (χ1) is 12.3. The number of aryl methyl sites for hydroxylation is 1. The molecule has 2 rings (SSSR count). The van der Waals surface area contributed by atoms with E-state index in [0.29, 0.717) is 10.7 Å². The van der Waals surface area contributed by atoms with Crippen molar-refractivity contribution >= 4 is 52.4 Å². The normalized spacial score (nSPS) is 10.2. The van der Waals surface area contributed by atoms with E-state index in [-0.39, 0.29) is 22.2 Å². The predicted molar refractivity (Wildman–Crippen MR) is 101 cm³/mol. The molecule has 8 heteroatoms. The molecule has 0 atom stereocenters. The fourth-order valence-electron chi connectivity index (χ4n) is 2.05. The summed E-state index contributed by atoms with van der Waals surface area (Å²) in [5.74, 6) is -1.45. The van der Waals surface area contributed by atoms with Gasteiger partial charge in [-0.15, -0.1) is 0 Å². The molecular formula is C18H16Cl2N2O4. The summed E-state index contributed by atoms with van der Waals surface area (Å²) in [4.78, 5) is 34.9. The third-order valence-corrected chi connectivity index (χ3v) is 4.13. The molecule has 0 aliphatic heterocycles. The van der Waals surface area contributed by atoms with Crippen LogP contribution in [0.4, 0.5) is 11.4 Å². The Labute approximate surface area is 160 Å². The summed E-state index contributed by atoms with van der Waals surface area (Å²) in [6.07, 6.45) is 0. The molecular weight excluding hydrogens is 379 g/mol. The highest BCUT2D eigenvalue weighted by Crippen LogP contribution is 2.32. The molecule has 136 valence electrons. The molecule has 2 aromatic carbocycles. The number of carbonyl (C=O) groups is 3. The SMILES string of the molecule is CC(=O)Nc1ccc(C(=O)OCC(=O)Nc2c(Cl)ccc(C)c2Cl)cc1. The van der Waals surface area contributed by atoms with Crippen molar-refractivity contribution in [1.29, 1.82) is 0 Å². The second-order valence-electron chi connectivity index (χ2n) is 5.44. The zero-order valence-electron chi connectivity index (χ0n) is 14.1. The Morgan fingerprint density at radius 2 is 1.65 bits per heavy atom. The highest BCUT2D eigenvalue weighted by molar-refractivity contribution is 6.40. The maximum absolute atomic E-state index is 12.0. The minimum Gasteiger partial charge on any atom is -0.452 e. The second-order valence-corrected chi connectivity index (χ2v) is 6.22. The largest absolute Gasteiger partial charge is 0.452 e. The van der Waals surface area contributed by atoms with Gasteiger partial charge in [-0.2, -0.15) is 0 Å². The first kappa shape index (κ1) is 19.8. The van der Waals surface area contributed by atoms with Gasteiger partial charge < -0.3 is 15.4 Å². The van der Waals surface area contributed by atoms with Crippen molar-refractivity contribution in [2.24, 2.45) is 0 Å². The van der Waals surface area contributed by atoms with E-state index in [1.807, 2.05) is 0 Å². The number of carbonyl (C=O) groups excluding carboxylic acids is 3. The van der Waals surface area contributed by atoms with E-state index < -0.39 is 18.5 Å². The van der Waals surface area contributed by atoms with Gasteiger partial charge >= 0.3 is 5.97 Å². The molecule has 2 N–H and O–H groups in total. The summed E-state index contributed by atoms with van der Waals surface area (Å²) < 4.78 is 4.97. The summed E-state index contributed by atoms with van der Waals surface area (Å²) in [6, 6.07) is 9.43. The molecule has 0 saturated carbocycles. The van der Waals surface area contributed by atoms with Crippen molar-refractivity contribution in [3.8, 4) is 0 Å². The minimum absolute atomic E-state index is 0.217. The van der Waals surface area contributed by atoms with Gasteiger partial charge in [0.1, 0.15) is 0 Å². The number of nitrogens with one attached hydrogen (secondary N) is 2. The van der Waals surface area contributed by atoms with Crippen molar-refractivity contribution in [3.05, 3.63) is 57.6 Å². The van der Waals surface area contributed by atoms with E-state index in [1.54, 1.807) is 31.2 Å². The molecule has 0 spiro atoms. The summed E-state index contributed by atoms with van der Waals surface area (Å²) in [7, 11) is 0. The Hall–Kier alpha value is -2.57. The molecule has 26 heavy (non-hydrogen) atoms. The van der Waals surface area contributed by atoms with Crippen LogP contribution in [-0.4, -0.2) is 24.4 Å². The zero-order valence-corrected chi connectivity index (χ0v) is 15.6. The van der Waals surface area contributed by atoms with Gasteiger partial charge in [0.15, 0.2) is 6.61 Å². The predicted octanol–water partition coefficient (Wildman–Crippen LogP) is 4.06. The second kappa shape index (κ2) is 8.69. The number of hydrogen-bond acceptors (Lipinski definition) is 4. The number of anilines is 2. The molecule has 0 radical (unpaired) electrons. The molecule has 0 saturated heterocycles. The third-order valence-electron chi connectivity index (χ3n) is 3.32. The van der Waals surface area contributed by atoms with Crippen LogP contribution < -0.4 is 10.6 Å². The number of rotatable bonds is 5. The molecule has 0 bridgehead atoms. The molecule has 2 amide bonds. The lowest BCUT2D eigenvalue weighted by Crippen LogP contribution is -2.21. The van der Waals surface area contributed by atoms with E-state index in [4.69, 9.17) is 27.9 Å². The first-order valence-corrected chi connectivity index (χ1v) is 8.32. The summed E-state index contributed by atoms with van der Waals surface area (Å²) in [5, 5.41) is 5.72. The van der Waals surface area contributed by atoms with Crippen LogP contribution in [0.3, 0.4) is 0 Å². The Balaban J connectivity index is 1.94. The van der Waals surface area contributed by atoms with Gasteiger partial charge in [0, 0.05) is 12.6 Å². The Bertz CT molecular complexity index is 851. The van der Waals surface area contributed by atoms with Crippen LogP contribution in [0.25, 0.3) is 0 Å². The van der Waals surface area contributed by atoms with Gasteiger partial charge in [0.25, 0.3) is 5.91 Å². The standard InChI is InChI=1S/C18H16Cl2N2O4/c1-10-3-8-14(19)17(16(10)20)22-15(24)9-26-18(25)12-4-6-13(7-5-12)21-11(2)23/h3-8H,9H2,1-2H3,(H,21,23)(H,22,24). The van der Waals surface area contributed by atoms with Gasteiger partial charge in [-0.05, 0) is 42.8 Å². The van der Waals surface area contributed by atoms with Crippen LogP contribution in [0.5, 0.6) is 0 Å². The summed E-state index contributed by atoms with van der Waals surface area (Å²) >= 11 is 12.1. The van der Waals surface area contributed by atoms with Crippen LogP contribution in [0.1, 0.15) is 22.8 Å². The topological polar surface area (TPSA) is 84.5 Å². The quantitative estimate of drug-likeness (QED) is 0.748. The van der Waals surface area contributed by atoms with E-state index in [0.717, 1.165) is 5.56 Å². The van der Waals surface area contributed by atoms with Crippen molar-refractivity contribution < 1.29 is 19.1 Å². The molecule has 2 aromatic rings. The number of esters is 1. The van der Waals surface area contributed by atoms with E-state index >= 15 is 0 Å². The van der Waals surface area contributed by atoms with Crippen LogP contribution in [-0.2, 0) is 14.3 Å². The fourth-order valence-corrected chi connectivity index (χ4v) is 2.52. The maximum Gasteiger partial charge on any atom is 0.338 e. The van der Waals surface area contributed by atoms with Gasteiger partial charge in [-0.1, -0.05) is 29.3 Å². The van der Waals surface area contributed by atoms with Gasteiger partial charge in [0.05, 0.1) is 21.3 Å².